The normalized spacial score (nSPS) is 21.5. The van der Waals surface area contributed by atoms with Crippen molar-refractivity contribution in [2.45, 2.75) is 25.9 Å². The molecule has 0 amide bonds. The van der Waals surface area contributed by atoms with E-state index in [1.54, 1.807) is 7.11 Å². The standard InChI is InChI=1S/C13H18N2OS/c1-3-11-9-17-13(15-11)14-8-10-5-4-6-12(7-10)16-2/h4-7,11H,3,8-9H2,1-2H3,(H,14,15). The summed E-state index contributed by atoms with van der Waals surface area (Å²) >= 11 is 1.81. The summed E-state index contributed by atoms with van der Waals surface area (Å²) in [6.45, 7) is 2.91. The van der Waals surface area contributed by atoms with Crippen LogP contribution in [0, 0.1) is 0 Å². The van der Waals surface area contributed by atoms with Crippen molar-refractivity contribution in [3.63, 3.8) is 0 Å². The van der Waals surface area contributed by atoms with Gasteiger partial charge >= 0.3 is 0 Å². The lowest BCUT2D eigenvalue weighted by atomic mass is 10.2. The molecular formula is C13H18N2OS. The van der Waals surface area contributed by atoms with Crippen molar-refractivity contribution in [3.8, 4) is 5.75 Å². The van der Waals surface area contributed by atoms with E-state index >= 15 is 0 Å². The van der Waals surface area contributed by atoms with Crippen LogP contribution in [0.1, 0.15) is 18.9 Å². The Labute approximate surface area is 107 Å². The zero-order valence-electron chi connectivity index (χ0n) is 10.3. The summed E-state index contributed by atoms with van der Waals surface area (Å²) in [5, 5.41) is 4.49. The van der Waals surface area contributed by atoms with Gasteiger partial charge in [0.25, 0.3) is 0 Å². The summed E-state index contributed by atoms with van der Waals surface area (Å²) in [5.74, 6) is 2.02. The fraction of sp³-hybridized carbons (Fsp3) is 0.462. The molecule has 92 valence electrons. The van der Waals surface area contributed by atoms with Gasteiger partial charge in [-0.25, -0.2) is 0 Å². The van der Waals surface area contributed by atoms with Crippen molar-refractivity contribution in [2.75, 3.05) is 12.9 Å². The van der Waals surface area contributed by atoms with E-state index in [0.717, 1.165) is 23.1 Å². The van der Waals surface area contributed by atoms with Crippen LogP contribution in [0.3, 0.4) is 0 Å². The van der Waals surface area contributed by atoms with Crippen molar-refractivity contribution in [2.24, 2.45) is 4.99 Å². The number of nitrogens with zero attached hydrogens (tertiary/aromatic N) is 1. The average Bonchev–Trinajstić information content (AvgIpc) is 2.84. The molecule has 4 heteroatoms. The molecule has 1 heterocycles. The lowest BCUT2D eigenvalue weighted by Gasteiger charge is -2.05. The molecule has 0 aromatic heterocycles. The van der Waals surface area contributed by atoms with E-state index < -0.39 is 0 Å². The molecule has 17 heavy (non-hydrogen) atoms. The second-order valence-electron chi connectivity index (χ2n) is 4.03. The van der Waals surface area contributed by atoms with Crippen LogP contribution in [-0.4, -0.2) is 24.1 Å². The minimum Gasteiger partial charge on any atom is -0.497 e. The maximum Gasteiger partial charge on any atom is 0.157 e. The molecule has 0 spiro atoms. The Kier molecular flexibility index (Phi) is 4.31. The molecule has 0 bridgehead atoms. The summed E-state index contributed by atoms with van der Waals surface area (Å²) in [6, 6.07) is 8.64. The number of hydrogen-bond acceptors (Lipinski definition) is 3. The van der Waals surface area contributed by atoms with Gasteiger partial charge in [0.05, 0.1) is 13.7 Å². The molecule has 1 aliphatic rings. The highest BCUT2D eigenvalue weighted by Crippen LogP contribution is 2.17. The lowest BCUT2D eigenvalue weighted by Crippen LogP contribution is -2.25. The van der Waals surface area contributed by atoms with Gasteiger partial charge in [-0.2, -0.15) is 0 Å². The van der Waals surface area contributed by atoms with Crippen LogP contribution in [-0.2, 0) is 6.54 Å². The summed E-state index contributed by atoms with van der Waals surface area (Å²) < 4.78 is 5.19. The van der Waals surface area contributed by atoms with Gasteiger partial charge < -0.3 is 10.1 Å². The maximum atomic E-state index is 5.19. The number of nitrogens with one attached hydrogen (secondary N) is 1. The summed E-state index contributed by atoms with van der Waals surface area (Å²) in [7, 11) is 1.69. The van der Waals surface area contributed by atoms with Crippen LogP contribution >= 0.6 is 11.8 Å². The van der Waals surface area contributed by atoms with Crippen molar-refractivity contribution in [1.82, 2.24) is 5.32 Å². The van der Waals surface area contributed by atoms with E-state index in [1.807, 2.05) is 30.0 Å². The van der Waals surface area contributed by atoms with Gasteiger partial charge in [0.2, 0.25) is 0 Å². The third-order valence-electron chi connectivity index (χ3n) is 2.78. The molecule has 0 saturated carbocycles. The van der Waals surface area contributed by atoms with Gasteiger partial charge in [0.15, 0.2) is 5.17 Å². The van der Waals surface area contributed by atoms with E-state index in [4.69, 9.17) is 4.74 Å². The quantitative estimate of drug-likeness (QED) is 0.892. The van der Waals surface area contributed by atoms with E-state index in [1.165, 1.54) is 5.56 Å². The molecule has 3 nitrogen and oxygen atoms in total. The minimum atomic E-state index is 0.587. The Morgan fingerprint density at radius 1 is 1.53 bits per heavy atom. The molecule has 0 radical (unpaired) electrons. The van der Waals surface area contributed by atoms with Crippen molar-refractivity contribution in [3.05, 3.63) is 29.8 Å². The molecule has 0 aliphatic carbocycles. The van der Waals surface area contributed by atoms with Gasteiger partial charge in [0.1, 0.15) is 5.75 Å². The van der Waals surface area contributed by atoms with Crippen LogP contribution in [0.5, 0.6) is 5.75 Å². The number of aliphatic imine (C=N–C) groups is 1. The number of ether oxygens (including phenoxy) is 1. The van der Waals surface area contributed by atoms with Crippen molar-refractivity contribution < 1.29 is 4.74 Å². The summed E-state index contributed by atoms with van der Waals surface area (Å²) in [4.78, 5) is 4.58. The highest BCUT2D eigenvalue weighted by atomic mass is 32.2. The molecule has 2 rings (SSSR count). The third-order valence-corrected chi connectivity index (χ3v) is 3.87. The number of rotatable bonds is 4. The molecule has 1 atom stereocenters. The number of thioether (sulfide) groups is 1. The van der Waals surface area contributed by atoms with E-state index in [0.29, 0.717) is 12.6 Å². The van der Waals surface area contributed by atoms with Gasteiger partial charge in [-0.1, -0.05) is 30.8 Å². The Morgan fingerprint density at radius 3 is 3.12 bits per heavy atom. The lowest BCUT2D eigenvalue weighted by molar-refractivity contribution is 0.414. The first-order chi connectivity index (χ1) is 8.31. The smallest absolute Gasteiger partial charge is 0.157 e. The van der Waals surface area contributed by atoms with Crippen molar-refractivity contribution >= 4 is 16.9 Å². The molecule has 1 saturated heterocycles. The SMILES string of the molecule is CCC1CSC(=NCc2cccc(OC)c2)N1. The molecule has 1 unspecified atom stereocenters. The fourth-order valence-electron chi connectivity index (χ4n) is 1.68. The monoisotopic (exact) mass is 250 g/mol. The van der Waals surface area contributed by atoms with Crippen LogP contribution in [0.4, 0.5) is 0 Å². The molecule has 1 aromatic carbocycles. The Morgan fingerprint density at radius 2 is 2.41 bits per heavy atom. The molecule has 1 aliphatic heterocycles. The molecule has 1 aromatic rings. The van der Waals surface area contributed by atoms with Gasteiger partial charge in [-0.3, -0.25) is 4.99 Å². The topological polar surface area (TPSA) is 33.6 Å². The highest BCUT2D eigenvalue weighted by Gasteiger charge is 2.17. The Hall–Kier alpha value is -1.16. The Bertz CT molecular complexity index is 406. The first kappa shape index (κ1) is 12.3. The first-order valence-corrected chi connectivity index (χ1v) is 6.87. The maximum absolute atomic E-state index is 5.19. The number of amidine groups is 1. The van der Waals surface area contributed by atoms with Crippen LogP contribution < -0.4 is 10.1 Å². The highest BCUT2D eigenvalue weighted by molar-refractivity contribution is 8.14. The second kappa shape index (κ2) is 5.96. The van der Waals surface area contributed by atoms with E-state index in [9.17, 15) is 0 Å². The van der Waals surface area contributed by atoms with E-state index in [2.05, 4.69) is 23.3 Å². The number of methoxy groups -OCH3 is 1. The van der Waals surface area contributed by atoms with Crippen LogP contribution in [0.15, 0.2) is 29.3 Å². The van der Waals surface area contributed by atoms with Gasteiger partial charge in [-0.05, 0) is 24.1 Å². The van der Waals surface area contributed by atoms with E-state index in [-0.39, 0.29) is 0 Å². The Balaban J connectivity index is 1.95. The molecule has 1 N–H and O–H groups in total. The van der Waals surface area contributed by atoms with Gasteiger partial charge in [0, 0.05) is 11.8 Å². The minimum absolute atomic E-state index is 0.587. The predicted octanol–water partition coefficient (Wildman–Crippen LogP) is 2.67. The van der Waals surface area contributed by atoms with Crippen molar-refractivity contribution in [1.29, 1.82) is 0 Å². The summed E-state index contributed by atoms with van der Waals surface area (Å²) in [6.07, 6.45) is 1.16. The average molecular weight is 250 g/mol. The third kappa shape index (κ3) is 3.40. The number of hydrogen-bond donors (Lipinski definition) is 1. The summed E-state index contributed by atoms with van der Waals surface area (Å²) in [5.41, 5.74) is 1.18. The second-order valence-corrected chi connectivity index (χ2v) is 5.04. The fourth-order valence-corrected chi connectivity index (χ4v) is 2.77. The zero-order valence-corrected chi connectivity index (χ0v) is 11.1. The van der Waals surface area contributed by atoms with Crippen LogP contribution in [0.2, 0.25) is 0 Å². The molecular weight excluding hydrogens is 232 g/mol. The molecule has 1 fully saturated rings. The largest absolute Gasteiger partial charge is 0.497 e. The first-order valence-electron chi connectivity index (χ1n) is 5.88. The van der Waals surface area contributed by atoms with Gasteiger partial charge in [-0.15, -0.1) is 0 Å². The number of benzene rings is 1. The zero-order chi connectivity index (χ0) is 12.1. The predicted molar refractivity (Wildman–Crippen MR) is 73.8 cm³/mol. The van der Waals surface area contributed by atoms with Crippen LogP contribution in [0.25, 0.3) is 0 Å².